The van der Waals surface area contributed by atoms with Crippen LogP contribution in [0.4, 0.5) is 5.69 Å². The summed E-state index contributed by atoms with van der Waals surface area (Å²) in [6, 6.07) is 3.55. The maximum absolute atomic E-state index is 11.8. The fourth-order valence-electron chi connectivity index (χ4n) is 2.22. The number of amides is 1. The van der Waals surface area contributed by atoms with Gasteiger partial charge in [-0.05, 0) is 25.0 Å². The average molecular weight is 219 g/mol. The van der Waals surface area contributed by atoms with E-state index in [2.05, 4.69) is 10.3 Å². The van der Waals surface area contributed by atoms with E-state index in [1.54, 1.807) is 24.5 Å². The Hall–Kier alpha value is -1.42. The Balaban J connectivity index is 1.89. The highest BCUT2D eigenvalue weighted by Crippen LogP contribution is 2.30. The van der Waals surface area contributed by atoms with Crippen LogP contribution in [0.3, 0.4) is 0 Å². The molecule has 1 saturated carbocycles. The molecular weight excluding hydrogens is 202 g/mol. The highest BCUT2D eigenvalue weighted by Gasteiger charge is 2.31. The molecule has 0 saturated heterocycles. The summed E-state index contributed by atoms with van der Waals surface area (Å²) < 4.78 is 0. The summed E-state index contributed by atoms with van der Waals surface area (Å²) in [4.78, 5) is 15.7. The molecule has 0 aliphatic heterocycles. The smallest absolute Gasteiger partial charge is 0.226 e. The van der Waals surface area contributed by atoms with Gasteiger partial charge in [-0.15, -0.1) is 0 Å². The molecule has 1 aliphatic rings. The molecule has 16 heavy (non-hydrogen) atoms. The molecule has 4 nitrogen and oxygen atoms in total. The zero-order valence-corrected chi connectivity index (χ0v) is 9.28. The van der Waals surface area contributed by atoms with Gasteiger partial charge in [-0.25, -0.2) is 0 Å². The van der Waals surface area contributed by atoms with E-state index >= 15 is 0 Å². The summed E-state index contributed by atoms with van der Waals surface area (Å²) in [6.07, 6.45) is 7.91. The predicted octanol–water partition coefficient (Wildman–Crippen LogP) is 1.68. The first-order chi connectivity index (χ1) is 7.68. The lowest BCUT2D eigenvalue weighted by Gasteiger charge is -2.22. The number of nitrogens with one attached hydrogen (secondary N) is 1. The predicted molar refractivity (Wildman–Crippen MR) is 62.9 cm³/mol. The third-order valence-corrected chi connectivity index (χ3v) is 3.08. The van der Waals surface area contributed by atoms with Gasteiger partial charge in [-0.2, -0.15) is 0 Å². The number of carbonyl (C=O) groups is 1. The molecule has 1 fully saturated rings. The van der Waals surface area contributed by atoms with Crippen molar-refractivity contribution in [3.05, 3.63) is 24.5 Å². The van der Waals surface area contributed by atoms with Crippen LogP contribution in [0.15, 0.2) is 24.5 Å². The van der Waals surface area contributed by atoms with Crippen LogP contribution in [0.1, 0.15) is 32.1 Å². The molecule has 2 rings (SSSR count). The van der Waals surface area contributed by atoms with Crippen molar-refractivity contribution in [3.63, 3.8) is 0 Å². The van der Waals surface area contributed by atoms with E-state index in [1.807, 2.05) is 0 Å². The fraction of sp³-hybridized carbons (Fsp3) is 0.500. The van der Waals surface area contributed by atoms with Gasteiger partial charge in [0.15, 0.2) is 0 Å². The topological polar surface area (TPSA) is 68.0 Å². The number of anilines is 1. The molecule has 1 aromatic heterocycles. The third-order valence-electron chi connectivity index (χ3n) is 3.08. The van der Waals surface area contributed by atoms with Crippen LogP contribution in [-0.4, -0.2) is 16.4 Å². The highest BCUT2D eigenvalue weighted by atomic mass is 16.1. The summed E-state index contributed by atoms with van der Waals surface area (Å²) in [7, 11) is 0. The van der Waals surface area contributed by atoms with Gasteiger partial charge in [0.25, 0.3) is 0 Å². The van der Waals surface area contributed by atoms with Gasteiger partial charge >= 0.3 is 0 Å². The van der Waals surface area contributed by atoms with Crippen LogP contribution in [-0.2, 0) is 4.79 Å². The van der Waals surface area contributed by atoms with Crippen LogP contribution >= 0.6 is 0 Å². The molecule has 0 radical (unpaired) electrons. The van der Waals surface area contributed by atoms with Crippen molar-refractivity contribution in [3.8, 4) is 0 Å². The summed E-state index contributed by atoms with van der Waals surface area (Å²) in [6.45, 7) is 0. The van der Waals surface area contributed by atoms with Gasteiger partial charge in [0.2, 0.25) is 5.91 Å². The van der Waals surface area contributed by atoms with Crippen molar-refractivity contribution in [2.24, 2.45) is 5.73 Å². The quantitative estimate of drug-likeness (QED) is 0.812. The fourth-order valence-corrected chi connectivity index (χ4v) is 2.22. The van der Waals surface area contributed by atoms with E-state index in [4.69, 9.17) is 5.73 Å². The summed E-state index contributed by atoms with van der Waals surface area (Å²) >= 11 is 0. The number of hydrogen-bond donors (Lipinski definition) is 2. The molecule has 0 spiro atoms. The molecule has 0 unspecified atom stereocenters. The Morgan fingerprint density at radius 2 is 2.00 bits per heavy atom. The normalized spacial score (nSPS) is 18.3. The lowest BCUT2D eigenvalue weighted by molar-refractivity contribution is -0.117. The molecular formula is C12H17N3O. The van der Waals surface area contributed by atoms with Gasteiger partial charge in [0.1, 0.15) is 0 Å². The lowest BCUT2D eigenvalue weighted by atomic mass is 9.94. The van der Waals surface area contributed by atoms with Crippen molar-refractivity contribution >= 4 is 11.6 Å². The highest BCUT2D eigenvalue weighted by molar-refractivity contribution is 5.91. The standard InChI is InChI=1S/C12H17N3O/c13-12(5-1-2-6-12)9-11(16)15-10-3-7-14-8-4-10/h3-4,7-8H,1-2,5-6,9,13H2,(H,14,15,16). The minimum absolute atomic E-state index is 0.00407. The average Bonchev–Trinajstić information content (AvgIpc) is 2.66. The second-order valence-electron chi connectivity index (χ2n) is 4.53. The molecule has 1 aliphatic carbocycles. The lowest BCUT2D eigenvalue weighted by Crippen LogP contribution is -2.40. The monoisotopic (exact) mass is 219 g/mol. The van der Waals surface area contributed by atoms with Crippen LogP contribution in [0.5, 0.6) is 0 Å². The minimum Gasteiger partial charge on any atom is -0.326 e. The summed E-state index contributed by atoms with van der Waals surface area (Å²) in [5.41, 5.74) is 6.64. The first-order valence-electron chi connectivity index (χ1n) is 5.67. The maximum Gasteiger partial charge on any atom is 0.226 e. The van der Waals surface area contributed by atoms with E-state index in [0.717, 1.165) is 31.4 Å². The summed E-state index contributed by atoms with van der Waals surface area (Å²) in [5.74, 6) is -0.00407. The van der Waals surface area contributed by atoms with E-state index in [0.29, 0.717) is 6.42 Å². The van der Waals surface area contributed by atoms with E-state index in [1.165, 1.54) is 0 Å². The van der Waals surface area contributed by atoms with Crippen LogP contribution in [0.25, 0.3) is 0 Å². The van der Waals surface area contributed by atoms with Gasteiger partial charge in [0, 0.05) is 30.0 Å². The molecule has 0 atom stereocenters. The Morgan fingerprint density at radius 1 is 1.38 bits per heavy atom. The number of hydrogen-bond acceptors (Lipinski definition) is 3. The Labute approximate surface area is 95.3 Å². The molecule has 0 aromatic carbocycles. The number of pyridine rings is 1. The molecule has 3 N–H and O–H groups in total. The SMILES string of the molecule is NC1(CC(=O)Nc2ccncc2)CCCC1. The number of rotatable bonds is 3. The Bertz CT molecular complexity index is 358. The number of nitrogens with two attached hydrogens (primary N) is 1. The molecule has 1 heterocycles. The third kappa shape index (κ3) is 2.79. The second kappa shape index (κ2) is 4.61. The Kier molecular flexibility index (Phi) is 3.19. The molecule has 4 heteroatoms. The molecule has 1 amide bonds. The largest absolute Gasteiger partial charge is 0.326 e. The molecule has 86 valence electrons. The van der Waals surface area contributed by atoms with Crippen molar-refractivity contribution in [1.29, 1.82) is 0 Å². The van der Waals surface area contributed by atoms with Crippen molar-refractivity contribution in [1.82, 2.24) is 4.98 Å². The van der Waals surface area contributed by atoms with Gasteiger partial charge < -0.3 is 11.1 Å². The van der Waals surface area contributed by atoms with E-state index < -0.39 is 0 Å². The number of carbonyl (C=O) groups excluding carboxylic acids is 1. The number of aromatic nitrogens is 1. The van der Waals surface area contributed by atoms with Crippen molar-refractivity contribution in [2.45, 2.75) is 37.6 Å². The van der Waals surface area contributed by atoms with Gasteiger partial charge in [0.05, 0.1) is 0 Å². The van der Waals surface area contributed by atoms with Gasteiger partial charge in [-0.3, -0.25) is 9.78 Å². The first kappa shape index (κ1) is 11.1. The second-order valence-corrected chi connectivity index (χ2v) is 4.53. The summed E-state index contributed by atoms with van der Waals surface area (Å²) in [5, 5.41) is 2.84. The van der Waals surface area contributed by atoms with Gasteiger partial charge in [-0.1, -0.05) is 12.8 Å². The first-order valence-corrected chi connectivity index (χ1v) is 5.67. The van der Waals surface area contributed by atoms with Crippen molar-refractivity contribution < 1.29 is 4.79 Å². The Morgan fingerprint density at radius 3 is 2.62 bits per heavy atom. The van der Waals surface area contributed by atoms with E-state index in [9.17, 15) is 4.79 Å². The van der Waals surface area contributed by atoms with Crippen molar-refractivity contribution in [2.75, 3.05) is 5.32 Å². The van der Waals surface area contributed by atoms with E-state index in [-0.39, 0.29) is 11.4 Å². The molecule has 0 bridgehead atoms. The van der Waals surface area contributed by atoms with Crippen LogP contribution in [0.2, 0.25) is 0 Å². The van der Waals surface area contributed by atoms with Crippen LogP contribution in [0, 0.1) is 0 Å². The number of nitrogens with zero attached hydrogens (tertiary/aromatic N) is 1. The molecule has 1 aromatic rings. The maximum atomic E-state index is 11.8. The zero-order chi connectivity index (χ0) is 11.4. The van der Waals surface area contributed by atoms with Crippen LogP contribution < -0.4 is 11.1 Å². The minimum atomic E-state index is -0.281. The zero-order valence-electron chi connectivity index (χ0n) is 9.28.